The zero-order valence-corrected chi connectivity index (χ0v) is 11.5. The molecule has 0 bridgehead atoms. The Kier molecular flexibility index (Phi) is 2.78. The van der Waals surface area contributed by atoms with E-state index in [-0.39, 0.29) is 5.91 Å². The van der Waals surface area contributed by atoms with E-state index >= 15 is 0 Å². The summed E-state index contributed by atoms with van der Waals surface area (Å²) in [5, 5.41) is 2.01. The van der Waals surface area contributed by atoms with E-state index in [9.17, 15) is 4.79 Å². The number of fused-ring (bicyclic) bond motifs is 1. The summed E-state index contributed by atoms with van der Waals surface area (Å²) >= 11 is 0. The Bertz CT molecular complexity index is 685. The Morgan fingerprint density at radius 3 is 2.90 bits per heavy atom. The lowest BCUT2D eigenvalue weighted by atomic mass is 9.89. The normalized spacial score (nSPS) is 22.4. The highest BCUT2D eigenvalue weighted by Gasteiger charge is 2.39. The molecule has 1 atom stereocenters. The van der Waals surface area contributed by atoms with Gasteiger partial charge in [0.2, 0.25) is 5.91 Å². The lowest BCUT2D eigenvalue weighted by Crippen LogP contribution is -2.37. The quantitative estimate of drug-likeness (QED) is 0.810. The Morgan fingerprint density at radius 2 is 2.20 bits per heavy atom. The maximum atomic E-state index is 11.6. The largest absolute Gasteiger partial charge is 0.397 e. The maximum absolute atomic E-state index is 11.6. The highest BCUT2D eigenvalue weighted by atomic mass is 16.1. The van der Waals surface area contributed by atoms with E-state index in [1.807, 2.05) is 25.1 Å². The molecule has 5 heteroatoms. The topological polar surface area (TPSA) is 85.2 Å². The number of hydrogen-bond acceptors (Lipinski definition) is 4. The molecule has 20 heavy (non-hydrogen) atoms. The van der Waals surface area contributed by atoms with Crippen LogP contribution >= 0.6 is 0 Å². The molecule has 1 unspecified atom stereocenters. The number of pyridine rings is 1. The van der Waals surface area contributed by atoms with Crippen LogP contribution in [0.5, 0.6) is 0 Å². The van der Waals surface area contributed by atoms with Gasteiger partial charge in [-0.15, -0.1) is 0 Å². The SMILES string of the molecule is CC1(C(N)=O)CCN(c2ccc3cnccc3c2N)C1. The Labute approximate surface area is 117 Å². The lowest BCUT2D eigenvalue weighted by Gasteiger charge is -2.24. The van der Waals surface area contributed by atoms with Crippen molar-refractivity contribution in [2.24, 2.45) is 11.1 Å². The van der Waals surface area contributed by atoms with Gasteiger partial charge in [-0.05, 0) is 25.5 Å². The first-order valence-corrected chi connectivity index (χ1v) is 6.68. The molecule has 2 heterocycles. The summed E-state index contributed by atoms with van der Waals surface area (Å²) in [4.78, 5) is 17.8. The van der Waals surface area contributed by atoms with Crippen molar-refractivity contribution in [3.05, 3.63) is 30.6 Å². The van der Waals surface area contributed by atoms with Crippen molar-refractivity contribution in [2.45, 2.75) is 13.3 Å². The monoisotopic (exact) mass is 270 g/mol. The first-order valence-electron chi connectivity index (χ1n) is 6.68. The summed E-state index contributed by atoms with van der Waals surface area (Å²) < 4.78 is 0. The number of nitrogen functional groups attached to an aromatic ring is 1. The van der Waals surface area contributed by atoms with Gasteiger partial charge in [0.25, 0.3) is 0 Å². The summed E-state index contributed by atoms with van der Waals surface area (Å²) in [5.74, 6) is -0.247. The van der Waals surface area contributed by atoms with E-state index in [0.717, 1.165) is 35.1 Å². The standard InChI is InChI=1S/C15H18N4O/c1-15(14(17)20)5-7-19(9-15)12-3-2-10-8-18-6-4-11(10)13(12)16/h2-4,6,8H,5,7,9,16H2,1H3,(H2,17,20). The van der Waals surface area contributed by atoms with E-state index in [4.69, 9.17) is 11.5 Å². The van der Waals surface area contributed by atoms with Crippen LogP contribution in [0.2, 0.25) is 0 Å². The van der Waals surface area contributed by atoms with Crippen LogP contribution in [-0.2, 0) is 4.79 Å². The first-order chi connectivity index (χ1) is 9.51. The zero-order valence-electron chi connectivity index (χ0n) is 11.5. The average Bonchev–Trinajstić information content (AvgIpc) is 2.83. The van der Waals surface area contributed by atoms with Crippen molar-refractivity contribution in [1.29, 1.82) is 0 Å². The number of carbonyl (C=O) groups excluding carboxylic acids is 1. The molecule has 1 amide bonds. The van der Waals surface area contributed by atoms with Crippen molar-refractivity contribution in [1.82, 2.24) is 4.98 Å². The van der Waals surface area contributed by atoms with Crippen LogP contribution < -0.4 is 16.4 Å². The van der Waals surface area contributed by atoms with Crippen molar-refractivity contribution in [3.63, 3.8) is 0 Å². The predicted molar refractivity (Wildman–Crippen MR) is 80.3 cm³/mol. The molecular weight excluding hydrogens is 252 g/mol. The minimum atomic E-state index is -0.473. The van der Waals surface area contributed by atoms with E-state index in [2.05, 4.69) is 9.88 Å². The molecular formula is C15H18N4O. The van der Waals surface area contributed by atoms with E-state index in [0.29, 0.717) is 6.54 Å². The zero-order chi connectivity index (χ0) is 14.3. The number of anilines is 2. The van der Waals surface area contributed by atoms with Crippen molar-refractivity contribution in [3.8, 4) is 0 Å². The summed E-state index contributed by atoms with van der Waals surface area (Å²) in [6, 6.07) is 5.91. The fourth-order valence-electron chi connectivity index (χ4n) is 2.82. The van der Waals surface area contributed by atoms with Crippen LogP contribution in [0.4, 0.5) is 11.4 Å². The molecule has 1 aromatic carbocycles. The van der Waals surface area contributed by atoms with Gasteiger partial charge in [0, 0.05) is 36.3 Å². The van der Waals surface area contributed by atoms with Crippen LogP contribution in [0.25, 0.3) is 10.8 Å². The highest BCUT2D eigenvalue weighted by Crippen LogP contribution is 2.37. The molecule has 1 aromatic heterocycles. The fraction of sp³-hybridized carbons (Fsp3) is 0.333. The number of hydrogen-bond donors (Lipinski definition) is 2. The van der Waals surface area contributed by atoms with Gasteiger partial charge in [0.1, 0.15) is 0 Å². The third-order valence-electron chi connectivity index (χ3n) is 4.25. The Hall–Kier alpha value is -2.30. The number of rotatable bonds is 2. The van der Waals surface area contributed by atoms with E-state index in [1.54, 1.807) is 12.4 Å². The number of carbonyl (C=O) groups is 1. The number of aromatic nitrogens is 1. The van der Waals surface area contributed by atoms with Gasteiger partial charge in [-0.3, -0.25) is 9.78 Å². The number of nitrogens with zero attached hydrogens (tertiary/aromatic N) is 2. The third kappa shape index (κ3) is 1.86. The molecule has 1 aliphatic heterocycles. The van der Waals surface area contributed by atoms with Gasteiger partial charge in [-0.25, -0.2) is 0 Å². The van der Waals surface area contributed by atoms with Gasteiger partial charge in [-0.1, -0.05) is 6.07 Å². The summed E-state index contributed by atoms with van der Waals surface area (Å²) in [6.07, 6.45) is 4.29. The predicted octanol–water partition coefficient (Wildman–Crippen LogP) is 1.52. The average molecular weight is 270 g/mol. The van der Waals surface area contributed by atoms with Gasteiger partial charge < -0.3 is 16.4 Å². The molecule has 0 radical (unpaired) electrons. The summed E-state index contributed by atoms with van der Waals surface area (Å²) in [5.41, 5.74) is 13.0. The first kappa shape index (κ1) is 12.7. The minimum Gasteiger partial charge on any atom is -0.397 e. The van der Waals surface area contributed by atoms with E-state index < -0.39 is 5.41 Å². The smallest absolute Gasteiger partial charge is 0.225 e. The molecule has 2 aromatic rings. The maximum Gasteiger partial charge on any atom is 0.225 e. The van der Waals surface area contributed by atoms with Gasteiger partial charge in [-0.2, -0.15) is 0 Å². The fourth-order valence-corrected chi connectivity index (χ4v) is 2.82. The van der Waals surface area contributed by atoms with Crippen molar-refractivity contribution in [2.75, 3.05) is 23.7 Å². The molecule has 5 nitrogen and oxygen atoms in total. The molecule has 104 valence electrons. The molecule has 0 spiro atoms. The van der Waals surface area contributed by atoms with Crippen LogP contribution in [0.15, 0.2) is 30.6 Å². The molecule has 1 aliphatic rings. The number of amides is 1. The molecule has 3 rings (SSSR count). The van der Waals surface area contributed by atoms with Crippen molar-refractivity contribution < 1.29 is 4.79 Å². The second-order valence-corrected chi connectivity index (χ2v) is 5.69. The molecule has 0 aliphatic carbocycles. The second kappa shape index (κ2) is 4.37. The van der Waals surface area contributed by atoms with Crippen molar-refractivity contribution >= 4 is 28.1 Å². The van der Waals surface area contributed by atoms with Crippen LogP contribution in [-0.4, -0.2) is 24.0 Å². The minimum absolute atomic E-state index is 0.247. The second-order valence-electron chi connectivity index (χ2n) is 5.69. The highest BCUT2D eigenvalue weighted by molar-refractivity contribution is 5.99. The van der Waals surface area contributed by atoms with E-state index in [1.165, 1.54) is 0 Å². The van der Waals surface area contributed by atoms with Crippen LogP contribution in [0, 0.1) is 5.41 Å². The number of primary amides is 1. The summed E-state index contributed by atoms with van der Waals surface area (Å²) in [7, 11) is 0. The number of benzene rings is 1. The molecule has 1 saturated heterocycles. The summed E-state index contributed by atoms with van der Waals surface area (Å²) in [6.45, 7) is 3.32. The molecule has 0 saturated carbocycles. The van der Waals surface area contributed by atoms with Gasteiger partial charge in [0.05, 0.1) is 16.8 Å². The third-order valence-corrected chi connectivity index (χ3v) is 4.25. The van der Waals surface area contributed by atoms with Crippen LogP contribution in [0.3, 0.4) is 0 Å². The van der Waals surface area contributed by atoms with Gasteiger partial charge in [0.15, 0.2) is 0 Å². The lowest BCUT2D eigenvalue weighted by molar-refractivity contribution is -0.125. The molecule has 1 fully saturated rings. The van der Waals surface area contributed by atoms with Gasteiger partial charge >= 0.3 is 0 Å². The van der Waals surface area contributed by atoms with Crippen LogP contribution in [0.1, 0.15) is 13.3 Å². The number of nitrogens with two attached hydrogens (primary N) is 2. The molecule has 4 N–H and O–H groups in total. The Balaban J connectivity index is 2.00. The Morgan fingerprint density at radius 1 is 1.40 bits per heavy atom.